The molecule has 0 bridgehead atoms. The molecule has 0 aliphatic carbocycles. The van der Waals surface area contributed by atoms with Crippen LogP contribution in [0.4, 0.5) is 0 Å². The molecule has 0 N–H and O–H groups in total. The Labute approximate surface area is 307 Å². The van der Waals surface area contributed by atoms with E-state index in [-0.39, 0.29) is 17.2 Å². The number of rotatable bonds is 8. The van der Waals surface area contributed by atoms with Gasteiger partial charge in [-0.3, -0.25) is 0 Å². The molecule has 2 fully saturated rings. The molecule has 8 rings (SSSR count). The third-order valence-electron chi connectivity index (χ3n) is 11.0. The minimum absolute atomic E-state index is 0.0330. The van der Waals surface area contributed by atoms with Crippen molar-refractivity contribution in [1.82, 2.24) is 0 Å². The molecule has 1 aromatic heterocycles. The summed E-state index contributed by atoms with van der Waals surface area (Å²) in [5.41, 5.74) is 2.61. The number of ether oxygens (including phenoxy) is 4. The van der Waals surface area contributed by atoms with Crippen LogP contribution in [-0.2, 0) is 25.2 Å². The Morgan fingerprint density at radius 3 is 1.90 bits per heavy atom. The molecule has 2 aliphatic heterocycles. The number of hydrogen-bond donors (Lipinski definition) is 0. The first-order chi connectivity index (χ1) is 24.8. The van der Waals surface area contributed by atoms with Crippen LogP contribution >= 0.6 is 8.16 Å². The Kier molecular flexibility index (Phi) is 9.06. The Bertz CT molecular complexity index is 2200. The molecule has 0 spiro atoms. The summed E-state index contributed by atoms with van der Waals surface area (Å²) in [6, 6.07) is 33.2. The summed E-state index contributed by atoms with van der Waals surface area (Å²) in [6.45, 7) is 16.1. The van der Waals surface area contributed by atoms with Crippen molar-refractivity contribution >= 4 is 60.0 Å². The predicted molar refractivity (Wildman–Crippen MR) is 212 cm³/mol. The lowest BCUT2D eigenvalue weighted by Crippen LogP contribution is -2.50. The molecular formula is C42H48NO7PSi. The molecule has 2 aliphatic rings. The predicted octanol–water partition coefficient (Wildman–Crippen LogP) is 11.0. The highest BCUT2D eigenvalue weighted by atomic mass is 31.1. The van der Waals surface area contributed by atoms with Crippen LogP contribution in [0, 0.1) is 0 Å². The van der Waals surface area contributed by atoms with E-state index in [2.05, 4.69) is 123 Å². The van der Waals surface area contributed by atoms with Crippen LogP contribution in [0.3, 0.4) is 0 Å². The van der Waals surface area contributed by atoms with Gasteiger partial charge in [0, 0.05) is 17.3 Å². The maximum absolute atomic E-state index is 7.20. The minimum Gasteiger partial charge on any atom is -0.497 e. The van der Waals surface area contributed by atoms with Crippen molar-refractivity contribution in [3.05, 3.63) is 103 Å². The summed E-state index contributed by atoms with van der Waals surface area (Å²) >= 11 is 0. The van der Waals surface area contributed by atoms with Gasteiger partial charge in [0.2, 0.25) is 0 Å². The fourth-order valence-corrected chi connectivity index (χ4v) is 9.90. The second kappa shape index (κ2) is 13.3. The van der Waals surface area contributed by atoms with Gasteiger partial charge in [0.25, 0.3) is 0 Å². The van der Waals surface area contributed by atoms with E-state index in [1.165, 1.54) is 0 Å². The lowest BCUT2D eigenvalue weighted by Gasteiger charge is -2.38. The van der Waals surface area contributed by atoms with E-state index in [0.717, 1.165) is 54.8 Å². The van der Waals surface area contributed by atoms with Crippen molar-refractivity contribution < 1.29 is 31.8 Å². The van der Waals surface area contributed by atoms with Gasteiger partial charge >= 0.3 is 8.16 Å². The zero-order valence-corrected chi connectivity index (χ0v) is 33.1. The summed E-state index contributed by atoms with van der Waals surface area (Å²) in [4.78, 5) is 0. The maximum Gasteiger partial charge on any atom is 0.310 e. The Morgan fingerprint density at radius 1 is 0.769 bits per heavy atom. The first-order valence-electron chi connectivity index (χ1n) is 18.1. The summed E-state index contributed by atoms with van der Waals surface area (Å²) in [6.07, 6.45) is -1.35. The van der Waals surface area contributed by atoms with Crippen molar-refractivity contribution in [2.45, 2.75) is 89.6 Å². The van der Waals surface area contributed by atoms with Crippen LogP contribution in [0.5, 0.6) is 5.75 Å². The molecule has 8 nitrogen and oxygen atoms in total. The van der Waals surface area contributed by atoms with Crippen LogP contribution in [0.15, 0.2) is 105 Å². The maximum atomic E-state index is 7.20. The molecule has 52 heavy (non-hydrogen) atoms. The van der Waals surface area contributed by atoms with Crippen LogP contribution in [0.2, 0.25) is 18.1 Å². The van der Waals surface area contributed by atoms with Gasteiger partial charge < -0.3 is 31.8 Å². The smallest absolute Gasteiger partial charge is 0.310 e. The second-order valence-corrected chi connectivity index (χ2v) is 22.1. The molecule has 0 amide bonds. The molecular weight excluding hydrogens is 690 g/mol. The Hall–Kier alpha value is -3.66. The number of benzene rings is 5. The van der Waals surface area contributed by atoms with Crippen molar-refractivity contribution in [1.29, 1.82) is 0 Å². The van der Waals surface area contributed by atoms with Gasteiger partial charge in [-0.15, -0.1) is 0 Å². The summed E-state index contributed by atoms with van der Waals surface area (Å²) in [5, 5.41) is 6.58. The third kappa shape index (κ3) is 6.47. The van der Waals surface area contributed by atoms with Crippen molar-refractivity contribution in [3.63, 3.8) is 0 Å². The molecule has 5 aromatic carbocycles. The number of methoxy groups -OCH3 is 1. The lowest BCUT2D eigenvalue weighted by atomic mass is 9.99. The van der Waals surface area contributed by atoms with E-state index in [4.69, 9.17) is 31.8 Å². The number of fused-ring (bicyclic) bond motifs is 8. The van der Waals surface area contributed by atoms with E-state index >= 15 is 0 Å². The van der Waals surface area contributed by atoms with Gasteiger partial charge in [0.1, 0.15) is 29.1 Å². The Balaban J connectivity index is 1.37. The zero-order valence-electron chi connectivity index (χ0n) is 31.2. The molecule has 4 atom stereocenters. The highest BCUT2D eigenvalue weighted by Gasteiger charge is 2.58. The van der Waals surface area contributed by atoms with Crippen LogP contribution in [0.1, 0.15) is 40.2 Å². The molecule has 272 valence electrons. The number of hydrogen-bond acceptors (Lipinski definition) is 8. The highest BCUT2D eigenvalue weighted by molar-refractivity contribution is 7.39. The van der Waals surface area contributed by atoms with Crippen LogP contribution < -0.4 is 9.41 Å². The van der Waals surface area contributed by atoms with E-state index < -0.39 is 34.7 Å². The molecule has 0 radical (unpaired) electrons. The standard InChI is InChI=1S/C42H48NO7PSi/c1-41(2,3)52(7,8)45-26-35-38(39-40(46-35)48-42(4,5)47-39)43(25-27-17-21-30(44-6)22-18-27)51-49-33-23-19-28-13-9-11-15-31(28)36(33)37-32-16-12-10-14-29(32)20-24-34(37)50-51/h9-24,35,38-40H,25-26H2,1-8H3/t35-,38-,39-,40-/m1/s1. The zero-order chi connectivity index (χ0) is 36.4. The third-order valence-corrected chi connectivity index (χ3v) is 17.0. The van der Waals surface area contributed by atoms with Gasteiger partial charge in [-0.2, -0.15) is 4.67 Å². The van der Waals surface area contributed by atoms with Crippen LogP contribution in [0.25, 0.3) is 43.5 Å². The van der Waals surface area contributed by atoms with Crippen LogP contribution in [-0.4, -0.2) is 52.4 Å². The van der Waals surface area contributed by atoms with E-state index in [0.29, 0.717) is 13.2 Å². The fraction of sp³-hybridized carbons (Fsp3) is 0.381. The average Bonchev–Trinajstić information content (AvgIpc) is 3.52. The SMILES string of the molecule is COc1ccc(CN([C@H]2[C@H]3OC(C)(C)O[C@H]3O[C@@H]2CO[Si](C)(C)C(C)(C)C)p2oc3ccc4ccccc4c3c3c(ccc4ccccc43)o2)cc1. The summed E-state index contributed by atoms with van der Waals surface area (Å²) in [5.74, 6) is -0.0242. The van der Waals surface area contributed by atoms with Gasteiger partial charge in [-0.05, 0) is 83.4 Å². The topological polar surface area (TPSA) is 75.7 Å². The largest absolute Gasteiger partial charge is 0.497 e. The second-order valence-electron chi connectivity index (χ2n) is 15.9. The van der Waals surface area contributed by atoms with Gasteiger partial charge in [-0.1, -0.05) is 93.6 Å². The summed E-state index contributed by atoms with van der Waals surface area (Å²) < 4.78 is 48.9. The van der Waals surface area contributed by atoms with E-state index in [1.807, 2.05) is 26.0 Å². The minimum atomic E-state index is -2.13. The highest BCUT2D eigenvalue weighted by Crippen LogP contribution is 2.48. The van der Waals surface area contributed by atoms with E-state index in [9.17, 15) is 0 Å². The van der Waals surface area contributed by atoms with Crippen molar-refractivity contribution in [3.8, 4) is 5.75 Å². The van der Waals surface area contributed by atoms with Crippen molar-refractivity contribution in [2.24, 2.45) is 0 Å². The van der Waals surface area contributed by atoms with E-state index in [1.54, 1.807) is 7.11 Å². The summed E-state index contributed by atoms with van der Waals surface area (Å²) in [7, 11) is -2.24. The van der Waals surface area contributed by atoms with Gasteiger partial charge in [0.05, 0.1) is 19.8 Å². The average molecular weight is 738 g/mol. The van der Waals surface area contributed by atoms with Crippen molar-refractivity contribution in [2.75, 3.05) is 18.4 Å². The molecule has 2 saturated heterocycles. The fourth-order valence-electron chi connectivity index (χ4n) is 7.22. The molecule has 10 heteroatoms. The molecule has 3 heterocycles. The normalized spacial score (nSPS) is 21.8. The lowest BCUT2D eigenvalue weighted by molar-refractivity contribution is -0.208. The first kappa shape index (κ1) is 35.4. The molecule has 0 unspecified atom stereocenters. The quantitative estimate of drug-likeness (QED) is 0.143. The monoisotopic (exact) mass is 737 g/mol. The van der Waals surface area contributed by atoms with Gasteiger partial charge in [0.15, 0.2) is 20.4 Å². The molecule has 6 aromatic rings. The van der Waals surface area contributed by atoms with Gasteiger partial charge in [-0.25, -0.2) is 0 Å². The Morgan fingerprint density at radius 2 is 1.35 bits per heavy atom. The molecule has 0 saturated carbocycles. The first-order valence-corrected chi connectivity index (χ1v) is 22.1. The number of nitrogens with zero attached hydrogens (tertiary/aromatic N) is 1.